The molecule has 0 aliphatic carbocycles. The molecule has 0 spiro atoms. The van der Waals surface area contributed by atoms with E-state index in [2.05, 4.69) is 55.6 Å². The second kappa shape index (κ2) is 66.4. The van der Waals surface area contributed by atoms with E-state index in [4.69, 9.17) is 18.9 Å². The van der Waals surface area contributed by atoms with E-state index in [0.29, 0.717) is 12.8 Å². The van der Waals surface area contributed by atoms with Crippen LogP contribution in [0, 0.1) is 0 Å². The summed E-state index contributed by atoms with van der Waals surface area (Å²) in [5.41, 5.74) is 0. The molecule has 2 fully saturated rings. The zero-order chi connectivity index (χ0) is 69.4. The maximum Gasteiger partial charge on any atom is 0.220 e. The Morgan fingerprint density at radius 1 is 0.375 bits per heavy atom. The van der Waals surface area contributed by atoms with Crippen molar-refractivity contribution in [3.05, 3.63) is 36.5 Å². The molecule has 0 saturated carbocycles. The van der Waals surface area contributed by atoms with Gasteiger partial charge in [0.25, 0.3) is 0 Å². The van der Waals surface area contributed by atoms with Gasteiger partial charge in [-0.15, -0.1) is 0 Å². The standard InChI is InChI=1S/C82H155NO13/c1-3-5-7-9-11-13-15-17-19-21-23-25-27-29-30-31-32-33-34-35-36-37-38-39-40-42-44-46-48-50-52-54-56-58-60-62-64-66-74(87)83-70(69-93-81-79(92)77(90)80(73(68-85)95-81)96-82-78(91)76(89)75(88)72(67-84)94-82)71(86)65-63-61-59-57-55-53-51-49-47-45-43-41-28-26-24-22-20-18-16-14-12-10-8-6-4-2/h15,17,21,23,27,29,70-73,75-82,84-86,88-92H,3-14,16,18-20,22,24-26,28,30-69H2,1-2H3,(H,83,87)/b17-15-,23-21-,29-27-. The number of unbranched alkanes of at least 4 members (excludes halogenated alkanes) is 51. The Kier molecular flexibility index (Phi) is 62.5. The Morgan fingerprint density at radius 2 is 0.688 bits per heavy atom. The summed E-state index contributed by atoms with van der Waals surface area (Å²) in [5, 5.41) is 87.9. The van der Waals surface area contributed by atoms with E-state index in [-0.39, 0.29) is 12.5 Å². The van der Waals surface area contributed by atoms with E-state index < -0.39 is 86.8 Å². The molecule has 12 atom stereocenters. The number of allylic oxidation sites excluding steroid dienone is 6. The zero-order valence-electron chi connectivity index (χ0n) is 62.1. The molecule has 0 bridgehead atoms. The SMILES string of the molecule is CCCCCCC/C=C\C/C=C\C/C=C\CCCCCCCCCCCCCCCCCCCCCCCCC(=O)NC(COC1OC(CO)C(OC2OC(CO)C(O)C(O)C2O)C(O)C1O)C(O)CCCCCCCCCCCCCCCCCCCCCCCCCCC. The summed E-state index contributed by atoms with van der Waals surface area (Å²) in [7, 11) is 0. The highest BCUT2D eigenvalue weighted by Gasteiger charge is 2.51. The molecule has 2 rings (SSSR count). The number of carbonyl (C=O) groups is 1. The molecular formula is C82H155NO13. The first-order valence-electron chi connectivity index (χ1n) is 41.2. The van der Waals surface area contributed by atoms with Crippen LogP contribution in [0.15, 0.2) is 36.5 Å². The van der Waals surface area contributed by atoms with Crippen molar-refractivity contribution in [1.82, 2.24) is 5.32 Å². The lowest BCUT2D eigenvalue weighted by molar-refractivity contribution is -0.359. The van der Waals surface area contributed by atoms with Gasteiger partial charge in [0.15, 0.2) is 12.6 Å². The number of ether oxygens (including phenoxy) is 4. The third kappa shape index (κ3) is 48.9. The third-order valence-electron chi connectivity index (χ3n) is 20.4. The quantitative estimate of drug-likeness (QED) is 0.0204. The highest BCUT2D eigenvalue weighted by atomic mass is 16.7. The molecule has 0 aromatic rings. The highest BCUT2D eigenvalue weighted by Crippen LogP contribution is 2.30. The lowest BCUT2D eigenvalue weighted by Crippen LogP contribution is -2.65. The fraction of sp³-hybridized carbons (Fsp3) is 0.915. The average Bonchev–Trinajstić information content (AvgIpc) is 0.857. The van der Waals surface area contributed by atoms with Crippen LogP contribution >= 0.6 is 0 Å². The van der Waals surface area contributed by atoms with Crippen molar-refractivity contribution in [3.63, 3.8) is 0 Å². The maximum absolute atomic E-state index is 13.4. The van der Waals surface area contributed by atoms with Crippen molar-refractivity contribution in [3.8, 4) is 0 Å². The monoisotopic (exact) mass is 1360 g/mol. The summed E-state index contributed by atoms with van der Waals surface area (Å²) in [6.07, 6.45) is 70.5. The van der Waals surface area contributed by atoms with Gasteiger partial charge < -0.3 is 65.1 Å². The van der Waals surface area contributed by atoms with Gasteiger partial charge in [0.05, 0.1) is 32.0 Å². The first-order chi connectivity index (χ1) is 47.1. The first-order valence-corrected chi connectivity index (χ1v) is 41.2. The number of amides is 1. The second-order valence-electron chi connectivity index (χ2n) is 29.3. The van der Waals surface area contributed by atoms with Crippen LogP contribution in [0.3, 0.4) is 0 Å². The molecule has 0 aromatic carbocycles. The van der Waals surface area contributed by atoms with Gasteiger partial charge in [-0.1, -0.05) is 365 Å². The topological polar surface area (TPSA) is 228 Å². The van der Waals surface area contributed by atoms with Crippen molar-refractivity contribution >= 4 is 5.91 Å². The molecule has 96 heavy (non-hydrogen) atoms. The fourth-order valence-electron chi connectivity index (χ4n) is 13.8. The van der Waals surface area contributed by atoms with Crippen molar-refractivity contribution in [2.24, 2.45) is 0 Å². The Balaban J connectivity index is 1.58. The molecule has 1 amide bonds. The largest absolute Gasteiger partial charge is 0.394 e. The lowest BCUT2D eigenvalue weighted by Gasteiger charge is -2.46. The molecule has 566 valence electrons. The van der Waals surface area contributed by atoms with Gasteiger partial charge in [-0.2, -0.15) is 0 Å². The Labute approximate surface area is 589 Å². The minimum absolute atomic E-state index is 0.198. The molecule has 2 aliphatic rings. The number of nitrogens with one attached hydrogen (secondary N) is 1. The summed E-state index contributed by atoms with van der Waals surface area (Å²) in [4.78, 5) is 13.4. The van der Waals surface area contributed by atoms with Crippen LogP contribution in [0.25, 0.3) is 0 Å². The van der Waals surface area contributed by atoms with Crippen LogP contribution in [-0.2, 0) is 23.7 Å². The molecule has 0 aromatic heterocycles. The fourth-order valence-corrected chi connectivity index (χ4v) is 13.8. The van der Waals surface area contributed by atoms with Crippen molar-refractivity contribution in [2.45, 2.75) is 460 Å². The summed E-state index contributed by atoms with van der Waals surface area (Å²) in [5.74, 6) is -0.198. The van der Waals surface area contributed by atoms with Gasteiger partial charge in [-0.05, 0) is 51.4 Å². The summed E-state index contributed by atoms with van der Waals surface area (Å²) < 4.78 is 23.0. The maximum atomic E-state index is 13.4. The Hall–Kier alpha value is -1.79. The van der Waals surface area contributed by atoms with Gasteiger partial charge >= 0.3 is 0 Å². The number of hydrogen-bond donors (Lipinski definition) is 9. The molecule has 2 aliphatic heterocycles. The predicted octanol–water partition coefficient (Wildman–Crippen LogP) is 18.8. The minimum atomic E-state index is -1.78. The van der Waals surface area contributed by atoms with Crippen LogP contribution in [0.4, 0.5) is 0 Å². The number of rotatable bonds is 70. The summed E-state index contributed by atoms with van der Waals surface area (Å²) >= 11 is 0. The molecule has 0 radical (unpaired) electrons. The van der Waals surface area contributed by atoms with Crippen LogP contribution in [0.5, 0.6) is 0 Å². The van der Waals surface area contributed by atoms with E-state index in [1.54, 1.807) is 0 Å². The predicted molar refractivity (Wildman–Crippen MR) is 397 cm³/mol. The second-order valence-corrected chi connectivity index (χ2v) is 29.3. The van der Waals surface area contributed by atoms with E-state index in [0.717, 1.165) is 64.2 Å². The van der Waals surface area contributed by atoms with Crippen molar-refractivity contribution in [2.75, 3.05) is 19.8 Å². The normalized spacial score (nSPS) is 22.4. The smallest absolute Gasteiger partial charge is 0.220 e. The molecule has 12 unspecified atom stereocenters. The average molecular weight is 1360 g/mol. The minimum Gasteiger partial charge on any atom is -0.394 e. The van der Waals surface area contributed by atoms with E-state index in [1.165, 1.54) is 295 Å². The summed E-state index contributed by atoms with van der Waals surface area (Å²) in [6.45, 7) is 2.92. The number of aliphatic hydroxyl groups is 8. The molecule has 9 N–H and O–H groups in total. The van der Waals surface area contributed by atoms with E-state index in [9.17, 15) is 45.6 Å². The van der Waals surface area contributed by atoms with Crippen molar-refractivity contribution < 1.29 is 64.6 Å². The first kappa shape index (κ1) is 90.3. The number of hydrogen-bond acceptors (Lipinski definition) is 13. The van der Waals surface area contributed by atoms with Crippen LogP contribution in [0.1, 0.15) is 386 Å². The Morgan fingerprint density at radius 3 is 1.05 bits per heavy atom. The van der Waals surface area contributed by atoms with E-state index >= 15 is 0 Å². The third-order valence-corrected chi connectivity index (χ3v) is 20.4. The summed E-state index contributed by atoms with van der Waals surface area (Å²) in [6, 6.07) is -0.829. The number of carbonyl (C=O) groups excluding carboxylic acids is 1. The van der Waals surface area contributed by atoms with Crippen molar-refractivity contribution in [1.29, 1.82) is 0 Å². The number of aliphatic hydroxyl groups excluding tert-OH is 8. The zero-order valence-corrected chi connectivity index (χ0v) is 62.1. The molecular weight excluding hydrogens is 1210 g/mol. The van der Waals surface area contributed by atoms with Crippen LogP contribution < -0.4 is 5.32 Å². The highest BCUT2D eigenvalue weighted by molar-refractivity contribution is 5.76. The van der Waals surface area contributed by atoms with Gasteiger partial charge in [-0.3, -0.25) is 4.79 Å². The Bertz CT molecular complexity index is 1750. The molecule has 14 nitrogen and oxygen atoms in total. The van der Waals surface area contributed by atoms with Crippen LogP contribution in [0.2, 0.25) is 0 Å². The molecule has 2 saturated heterocycles. The van der Waals surface area contributed by atoms with Gasteiger partial charge in [0, 0.05) is 6.42 Å². The lowest BCUT2D eigenvalue weighted by atomic mass is 9.97. The van der Waals surface area contributed by atoms with E-state index in [1.807, 2.05) is 0 Å². The molecule has 2 heterocycles. The van der Waals surface area contributed by atoms with Gasteiger partial charge in [-0.25, -0.2) is 0 Å². The van der Waals surface area contributed by atoms with Crippen LogP contribution in [-0.4, -0.2) is 140 Å². The van der Waals surface area contributed by atoms with Gasteiger partial charge in [0.2, 0.25) is 5.91 Å². The molecule has 14 heteroatoms. The van der Waals surface area contributed by atoms with Gasteiger partial charge in [0.1, 0.15) is 48.8 Å².